The largest absolute Gasteiger partial charge is 0.471 e. The van der Waals surface area contributed by atoms with Crippen LogP contribution in [0.5, 0.6) is 5.88 Å². The Morgan fingerprint density at radius 1 is 1.25 bits per heavy atom. The summed E-state index contributed by atoms with van der Waals surface area (Å²) in [5.41, 5.74) is 6.62. The van der Waals surface area contributed by atoms with Gasteiger partial charge in [0.1, 0.15) is 6.61 Å². The fourth-order valence-corrected chi connectivity index (χ4v) is 1.27. The van der Waals surface area contributed by atoms with E-state index in [4.69, 9.17) is 10.5 Å². The van der Waals surface area contributed by atoms with Crippen LogP contribution in [0.3, 0.4) is 0 Å². The van der Waals surface area contributed by atoms with Gasteiger partial charge in [0.15, 0.2) is 5.82 Å². The van der Waals surface area contributed by atoms with Gasteiger partial charge in [-0.1, -0.05) is 30.3 Å². The number of nitrogen functional groups attached to an aromatic ring is 1. The molecule has 0 bridgehead atoms. The molecule has 1 heterocycles. The molecule has 0 aliphatic rings. The Hall–Kier alpha value is -2.10. The van der Waals surface area contributed by atoms with Crippen molar-refractivity contribution in [2.24, 2.45) is 0 Å². The van der Waals surface area contributed by atoms with Crippen molar-refractivity contribution in [2.45, 2.75) is 6.61 Å². The zero-order valence-electron chi connectivity index (χ0n) is 8.56. The molecular formula is C12H11FN2O. The third-order valence-corrected chi connectivity index (χ3v) is 2.05. The molecule has 4 heteroatoms. The van der Waals surface area contributed by atoms with E-state index in [1.165, 1.54) is 12.3 Å². The summed E-state index contributed by atoms with van der Waals surface area (Å²) in [7, 11) is 0. The fourth-order valence-electron chi connectivity index (χ4n) is 1.27. The predicted molar refractivity (Wildman–Crippen MR) is 59.4 cm³/mol. The number of nitrogens with two attached hydrogens (primary N) is 1. The third kappa shape index (κ3) is 2.48. The first-order valence-corrected chi connectivity index (χ1v) is 4.83. The third-order valence-electron chi connectivity index (χ3n) is 2.05. The molecule has 3 nitrogen and oxygen atoms in total. The minimum absolute atomic E-state index is 0.0296. The Morgan fingerprint density at radius 3 is 2.69 bits per heavy atom. The molecule has 0 aliphatic carbocycles. The topological polar surface area (TPSA) is 48.1 Å². The van der Waals surface area contributed by atoms with Crippen molar-refractivity contribution < 1.29 is 9.13 Å². The second-order valence-electron chi connectivity index (χ2n) is 3.33. The van der Waals surface area contributed by atoms with Crippen LogP contribution in [0.4, 0.5) is 10.1 Å². The van der Waals surface area contributed by atoms with Crippen LogP contribution in [-0.2, 0) is 6.61 Å². The summed E-state index contributed by atoms with van der Waals surface area (Å²) in [4.78, 5) is 3.77. The molecule has 16 heavy (non-hydrogen) atoms. The van der Waals surface area contributed by atoms with Crippen molar-refractivity contribution in [3.05, 3.63) is 54.0 Å². The number of halogens is 1. The Bertz CT molecular complexity index is 474. The molecule has 2 N–H and O–H groups in total. The summed E-state index contributed by atoms with van der Waals surface area (Å²) in [5, 5.41) is 0. The first kappa shape index (κ1) is 10.4. The maximum Gasteiger partial charge on any atom is 0.250 e. The number of benzene rings is 1. The van der Waals surface area contributed by atoms with Crippen LogP contribution in [0.2, 0.25) is 0 Å². The summed E-state index contributed by atoms with van der Waals surface area (Å²) < 4.78 is 18.5. The van der Waals surface area contributed by atoms with Crippen LogP contribution < -0.4 is 10.5 Å². The molecule has 82 valence electrons. The zero-order valence-corrected chi connectivity index (χ0v) is 8.56. The average molecular weight is 218 g/mol. The van der Waals surface area contributed by atoms with Crippen LogP contribution >= 0.6 is 0 Å². The van der Waals surface area contributed by atoms with Crippen molar-refractivity contribution in [1.29, 1.82) is 0 Å². The Labute approximate surface area is 92.7 Å². The van der Waals surface area contributed by atoms with Gasteiger partial charge in [-0.3, -0.25) is 0 Å². The van der Waals surface area contributed by atoms with Crippen LogP contribution in [-0.4, -0.2) is 4.98 Å². The molecule has 0 fully saturated rings. The van der Waals surface area contributed by atoms with Gasteiger partial charge in [-0.05, 0) is 5.56 Å². The minimum atomic E-state index is -0.545. The number of anilines is 1. The van der Waals surface area contributed by atoms with Gasteiger partial charge < -0.3 is 10.5 Å². The molecule has 0 radical (unpaired) electrons. The van der Waals surface area contributed by atoms with Gasteiger partial charge in [0.2, 0.25) is 0 Å². The second-order valence-corrected chi connectivity index (χ2v) is 3.33. The molecule has 0 atom stereocenters. The van der Waals surface area contributed by atoms with E-state index in [2.05, 4.69) is 4.98 Å². The number of hydrogen-bond acceptors (Lipinski definition) is 3. The van der Waals surface area contributed by atoms with Gasteiger partial charge >= 0.3 is 0 Å². The van der Waals surface area contributed by atoms with E-state index in [0.29, 0.717) is 0 Å². The second kappa shape index (κ2) is 4.61. The first-order chi connectivity index (χ1) is 7.75. The Morgan fingerprint density at radius 2 is 2.00 bits per heavy atom. The molecule has 0 spiro atoms. The zero-order chi connectivity index (χ0) is 11.4. The molecule has 1 aromatic heterocycles. The Kier molecular flexibility index (Phi) is 3.00. The number of ether oxygens (including phenoxy) is 1. The van der Waals surface area contributed by atoms with Crippen molar-refractivity contribution >= 4 is 5.69 Å². The number of pyridine rings is 1. The molecule has 2 aromatic rings. The van der Waals surface area contributed by atoms with Crippen molar-refractivity contribution in [3.63, 3.8) is 0 Å². The smallest absolute Gasteiger partial charge is 0.250 e. The van der Waals surface area contributed by atoms with Crippen LogP contribution in [0.15, 0.2) is 42.6 Å². The van der Waals surface area contributed by atoms with Gasteiger partial charge in [0, 0.05) is 6.07 Å². The van der Waals surface area contributed by atoms with E-state index in [1.54, 1.807) is 0 Å². The maximum atomic E-state index is 13.3. The van der Waals surface area contributed by atoms with Crippen LogP contribution in [0, 0.1) is 5.82 Å². The quantitative estimate of drug-likeness (QED) is 0.860. The highest BCUT2D eigenvalue weighted by Gasteiger charge is 2.05. The van der Waals surface area contributed by atoms with Crippen molar-refractivity contribution in [3.8, 4) is 5.88 Å². The van der Waals surface area contributed by atoms with Crippen LogP contribution in [0.1, 0.15) is 5.56 Å². The molecule has 1 aromatic carbocycles. The minimum Gasteiger partial charge on any atom is -0.471 e. The predicted octanol–water partition coefficient (Wildman–Crippen LogP) is 2.38. The highest BCUT2D eigenvalue weighted by Crippen LogP contribution is 2.16. The molecule has 0 saturated carbocycles. The standard InChI is InChI=1S/C12H11FN2O/c13-11-6-10(14)7-15-12(11)16-8-9-4-2-1-3-5-9/h1-7H,8,14H2. The summed E-state index contributed by atoms with van der Waals surface area (Å²) in [5.74, 6) is -0.575. The average Bonchev–Trinajstić information content (AvgIpc) is 2.29. The van der Waals surface area contributed by atoms with E-state index < -0.39 is 5.82 Å². The highest BCUT2D eigenvalue weighted by atomic mass is 19.1. The number of rotatable bonds is 3. The monoisotopic (exact) mass is 218 g/mol. The molecule has 0 unspecified atom stereocenters. The number of hydrogen-bond donors (Lipinski definition) is 1. The first-order valence-electron chi connectivity index (χ1n) is 4.83. The summed E-state index contributed by atoms with van der Waals surface area (Å²) in [6.45, 7) is 0.286. The molecule has 2 rings (SSSR count). The van der Waals surface area contributed by atoms with Crippen molar-refractivity contribution in [2.75, 3.05) is 5.73 Å². The van der Waals surface area contributed by atoms with Gasteiger partial charge in [-0.25, -0.2) is 9.37 Å². The lowest BCUT2D eigenvalue weighted by Gasteiger charge is -2.06. The number of nitrogens with zero attached hydrogens (tertiary/aromatic N) is 1. The highest BCUT2D eigenvalue weighted by molar-refractivity contribution is 5.37. The fraction of sp³-hybridized carbons (Fsp3) is 0.0833. The summed E-state index contributed by atoms with van der Waals surface area (Å²) in [6.07, 6.45) is 1.36. The SMILES string of the molecule is Nc1cnc(OCc2ccccc2)c(F)c1. The summed E-state index contributed by atoms with van der Waals surface area (Å²) in [6, 6.07) is 10.7. The van der Waals surface area contributed by atoms with Gasteiger partial charge in [0.25, 0.3) is 5.88 Å². The maximum absolute atomic E-state index is 13.3. The molecular weight excluding hydrogens is 207 g/mol. The lowest BCUT2D eigenvalue weighted by molar-refractivity contribution is 0.277. The number of aromatic nitrogens is 1. The van der Waals surface area contributed by atoms with E-state index in [1.807, 2.05) is 30.3 Å². The lowest BCUT2D eigenvalue weighted by atomic mass is 10.2. The molecule has 0 aliphatic heterocycles. The lowest BCUT2D eigenvalue weighted by Crippen LogP contribution is -2.00. The van der Waals surface area contributed by atoms with Gasteiger partial charge in [-0.15, -0.1) is 0 Å². The van der Waals surface area contributed by atoms with E-state index in [9.17, 15) is 4.39 Å². The van der Waals surface area contributed by atoms with E-state index >= 15 is 0 Å². The van der Waals surface area contributed by atoms with Gasteiger partial charge in [-0.2, -0.15) is 0 Å². The van der Waals surface area contributed by atoms with Crippen LogP contribution in [0.25, 0.3) is 0 Å². The molecule has 0 saturated heterocycles. The van der Waals surface area contributed by atoms with Gasteiger partial charge in [0.05, 0.1) is 11.9 Å². The normalized spacial score (nSPS) is 10.1. The van der Waals surface area contributed by atoms with E-state index in [0.717, 1.165) is 5.56 Å². The summed E-state index contributed by atoms with van der Waals surface area (Å²) >= 11 is 0. The Balaban J connectivity index is 2.05. The van der Waals surface area contributed by atoms with E-state index in [-0.39, 0.29) is 18.2 Å². The molecule has 0 amide bonds. The van der Waals surface area contributed by atoms with Crippen molar-refractivity contribution in [1.82, 2.24) is 4.98 Å².